The van der Waals surface area contributed by atoms with Crippen molar-refractivity contribution in [1.29, 1.82) is 0 Å². The second-order valence-corrected chi connectivity index (χ2v) is 5.70. The molecule has 1 fully saturated rings. The van der Waals surface area contributed by atoms with Crippen LogP contribution in [0.2, 0.25) is 0 Å². The summed E-state index contributed by atoms with van der Waals surface area (Å²) >= 11 is 0. The van der Waals surface area contributed by atoms with Crippen LogP contribution in [0.4, 0.5) is 4.79 Å². The SMILES string of the molecule is CCCC(CNC(=O)N(C)CC1(O)CCOCC1)C(=O)O. The minimum Gasteiger partial charge on any atom is -0.481 e. The van der Waals surface area contributed by atoms with Crippen LogP contribution in [0.5, 0.6) is 0 Å². The standard InChI is InChI=1S/C14H26N2O5/c1-3-4-11(12(17)18)9-15-13(19)16(2)10-14(20)5-7-21-8-6-14/h11,20H,3-10H2,1-2H3,(H,15,19)(H,17,18). The van der Waals surface area contributed by atoms with E-state index >= 15 is 0 Å². The number of urea groups is 1. The number of nitrogens with zero attached hydrogens (tertiary/aromatic N) is 1. The van der Waals surface area contributed by atoms with Crippen LogP contribution in [-0.4, -0.2) is 66.1 Å². The summed E-state index contributed by atoms with van der Waals surface area (Å²) in [6.07, 6.45) is 2.28. The molecule has 2 amide bonds. The number of aliphatic hydroxyl groups is 1. The molecule has 1 heterocycles. The number of hydrogen-bond acceptors (Lipinski definition) is 4. The topological polar surface area (TPSA) is 99.1 Å². The van der Waals surface area contributed by atoms with Crippen LogP contribution in [0, 0.1) is 5.92 Å². The van der Waals surface area contributed by atoms with Gasteiger partial charge in [-0.05, 0) is 6.42 Å². The van der Waals surface area contributed by atoms with Crippen molar-refractivity contribution in [2.45, 2.75) is 38.2 Å². The maximum atomic E-state index is 12.0. The van der Waals surface area contributed by atoms with Gasteiger partial charge in [0.15, 0.2) is 0 Å². The molecule has 122 valence electrons. The Hall–Kier alpha value is -1.34. The van der Waals surface area contributed by atoms with Crippen molar-refractivity contribution in [3.8, 4) is 0 Å². The van der Waals surface area contributed by atoms with Crippen LogP contribution in [0.15, 0.2) is 0 Å². The van der Waals surface area contributed by atoms with Crippen molar-refractivity contribution in [2.75, 3.05) is 33.4 Å². The summed E-state index contributed by atoms with van der Waals surface area (Å²) in [6.45, 7) is 3.21. The van der Waals surface area contributed by atoms with E-state index < -0.39 is 17.5 Å². The fraction of sp³-hybridized carbons (Fsp3) is 0.857. The van der Waals surface area contributed by atoms with Gasteiger partial charge < -0.3 is 25.2 Å². The van der Waals surface area contributed by atoms with E-state index in [0.717, 1.165) is 6.42 Å². The highest BCUT2D eigenvalue weighted by Gasteiger charge is 2.32. The first-order chi connectivity index (χ1) is 9.88. The largest absolute Gasteiger partial charge is 0.481 e. The first-order valence-electron chi connectivity index (χ1n) is 7.40. The highest BCUT2D eigenvalue weighted by atomic mass is 16.5. The zero-order valence-electron chi connectivity index (χ0n) is 12.8. The lowest BCUT2D eigenvalue weighted by atomic mass is 9.94. The Morgan fingerprint density at radius 3 is 2.52 bits per heavy atom. The number of hydrogen-bond donors (Lipinski definition) is 3. The highest BCUT2D eigenvalue weighted by molar-refractivity contribution is 5.75. The third-order valence-electron chi connectivity index (χ3n) is 3.79. The molecule has 1 rings (SSSR count). The van der Waals surface area contributed by atoms with Crippen molar-refractivity contribution < 1.29 is 24.5 Å². The summed E-state index contributed by atoms with van der Waals surface area (Å²) in [5, 5.41) is 22.0. The number of carboxylic acid groups (broad SMARTS) is 1. The lowest BCUT2D eigenvalue weighted by Crippen LogP contribution is -2.50. The van der Waals surface area contributed by atoms with Crippen molar-refractivity contribution in [1.82, 2.24) is 10.2 Å². The van der Waals surface area contributed by atoms with Crippen LogP contribution in [0.25, 0.3) is 0 Å². The van der Waals surface area contributed by atoms with Gasteiger partial charge in [0.05, 0.1) is 18.1 Å². The van der Waals surface area contributed by atoms with Crippen molar-refractivity contribution >= 4 is 12.0 Å². The van der Waals surface area contributed by atoms with Gasteiger partial charge in [0, 0.05) is 39.6 Å². The number of likely N-dealkylation sites (N-methyl/N-ethyl adjacent to an activating group) is 1. The number of ether oxygens (including phenoxy) is 1. The Kier molecular flexibility index (Phi) is 6.91. The van der Waals surface area contributed by atoms with E-state index in [2.05, 4.69) is 5.32 Å². The number of nitrogens with one attached hydrogen (secondary N) is 1. The van der Waals surface area contributed by atoms with Crippen LogP contribution in [-0.2, 0) is 9.53 Å². The molecular formula is C14H26N2O5. The van der Waals surface area contributed by atoms with Crippen LogP contribution >= 0.6 is 0 Å². The summed E-state index contributed by atoms with van der Waals surface area (Å²) in [5.74, 6) is -1.47. The van der Waals surface area contributed by atoms with E-state index in [1.54, 1.807) is 7.05 Å². The van der Waals surface area contributed by atoms with E-state index in [1.165, 1.54) is 4.90 Å². The van der Waals surface area contributed by atoms with Crippen molar-refractivity contribution in [3.05, 3.63) is 0 Å². The molecule has 0 aromatic rings. The number of aliphatic carboxylic acids is 1. The van der Waals surface area contributed by atoms with E-state index in [0.29, 0.717) is 32.5 Å². The highest BCUT2D eigenvalue weighted by Crippen LogP contribution is 2.21. The second kappa shape index (κ2) is 8.19. The number of rotatable bonds is 7. The Bertz CT molecular complexity index is 355. The van der Waals surface area contributed by atoms with Crippen molar-refractivity contribution in [3.63, 3.8) is 0 Å². The van der Waals surface area contributed by atoms with Crippen LogP contribution in [0.3, 0.4) is 0 Å². The molecule has 1 unspecified atom stereocenters. The molecule has 0 aliphatic carbocycles. The minimum atomic E-state index is -0.917. The molecule has 21 heavy (non-hydrogen) atoms. The molecule has 0 bridgehead atoms. The van der Waals surface area contributed by atoms with Gasteiger partial charge in [0.1, 0.15) is 0 Å². The van der Waals surface area contributed by atoms with Crippen LogP contribution < -0.4 is 5.32 Å². The zero-order chi connectivity index (χ0) is 15.9. The molecule has 7 heteroatoms. The third-order valence-corrected chi connectivity index (χ3v) is 3.79. The van der Waals surface area contributed by atoms with E-state index in [-0.39, 0.29) is 19.1 Å². The smallest absolute Gasteiger partial charge is 0.317 e. The van der Waals surface area contributed by atoms with Gasteiger partial charge >= 0.3 is 12.0 Å². The molecule has 3 N–H and O–H groups in total. The molecule has 0 radical (unpaired) electrons. The lowest BCUT2D eigenvalue weighted by molar-refractivity contribution is -0.141. The van der Waals surface area contributed by atoms with Gasteiger partial charge in [-0.15, -0.1) is 0 Å². The van der Waals surface area contributed by atoms with E-state index in [9.17, 15) is 14.7 Å². The molecule has 0 aromatic heterocycles. The molecule has 7 nitrogen and oxygen atoms in total. The van der Waals surface area contributed by atoms with E-state index in [1.807, 2.05) is 6.92 Å². The van der Waals surface area contributed by atoms with Gasteiger partial charge in [-0.1, -0.05) is 13.3 Å². The molecular weight excluding hydrogens is 276 g/mol. The summed E-state index contributed by atoms with van der Waals surface area (Å²) in [5.41, 5.74) is -0.917. The Balaban J connectivity index is 2.41. The molecule has 0 spiro atoms. The Morgan fingerprint density at radius 2 is 2.00 bits per heavy atom. The molecule has 1 aliphatic rings. The number of carbonyl (C=O) groups excluding carboxylic acids is 1. The maximum Gasteiger partial charge on any atom is 0.317 e. The quantitative estimate of drug-likeness (QED) is 0.642. The Morgan fingerprint density at radius 1 is 1.38 bits per heavy atom. The van der Waals surface area contributed by atoms with Crippen LogP contribution in [0.1, 0.15) is 32.6 Å². The average molecular weight is 302 g/mol. The number of amides is 2. The predicted octanol–water partition coefficient (Wildman–Crippen LogP) is 0.670. The fourth-order valence-electron chi connectivity index (χ4n) is 2.43. The minimum absolute atomic E-state index is 0.105. The first-order valence-corrected chi connectivity index (χ1v) is 7.40. The second-order valence-electron chi connectivity index (χ2n) is 5.70. The molecule has 1 atom stereocenters. The zero-order valence-corrected chi connectivity index (χ0v) is 12.8. The summed E-state index contributed by atoms with van der Waals surface area (Å²) in [7, 11) is 1.60. The summed E-state index contributed by atoms with van der Waals surface area (Å²) < 4.78 is 5.19. The average Bonchev–Trinajstić information content (AvgIpc) is 2.43. The molecule has 1 aliphatic heterocycles. The number of carboxylic acids is 1. The fourth-order valence-corrected chi connectivity index (χ4v) is 2.43. The summed E-state index contributed by atoms with van der Waals surface area (Å²) in [6, 6.07) is -0.364. The van der Waals surface area contributed by atoms with Gasteiger partial charge in [-0.3, -0.25) is 4.79 Å². The van der Waals surface area contributed by atoms with Gasteiger partial charge in [-0.25, -0.2) is 4.79 Å². The monoisotopic (exact) mass is 302 g/mol. The third kappa shape index (κ3) is 5.89. The van der Waals surface area contributed by atoms with Crippen molar-refractivity contribution in [2.24, 2.45) is 5.92 Å². The molecule has 0 aromatic carbocycles. The molecule has 0 saturated carbocycles. The van der Waals surface area contributed by atoms with Gasteiger partial charge in [0.25, 0.3) is 0 Å². The normalized spacial score (nSPS) is 18.8. The van der Waals surface area contributed by atoms with Gasteiger partial charge in [-0.2, -0.15) is 0 Å². The maximum absolute atomic E-state index is 12.0. The summed E-state index contributed by atoms with van der Waals surface area (Å²) in [4.78, 5) is 24.4. The Labute approximate surface area is 125 Å². The number of carbonyl (C=O) groups is 2. The molecule has 1 saturated heterocycles. The van der Waals surface area contributed by atoms with E-state index in [4.69, 9.17) is 9.84 Å². The predicted molar refractivity (Wildman–Crippen MR) is 77.1 cm³/mol. The lowest BCUT2D eigenvalue weighted by Gasteiger charge is -2.35. The first kappa shape index (κ1) is 17.7. The van der Waals surface area contributed by atoms with Gasteiger partial charge in [0.2, 0.25) is 0 Å².